The van der Waals surface area contributed by atoms with Gasteiger partial charge in [0.05, 0.1) is 16.5 Å². The van der Waals surface area contributed by atoms with Gasteiger partial charge in [0.15, 0.2) is 5.78 Å². The van der Waals surface area contributed by atoms with Gasteiger partial charge in [-0.25, -0.2) is 0 Å². The molecule has 1 atom stereocenters. The van der Waals surface area contributed by atoms with Gasteiger partial charge < -0.3 is 0 Å². The van der Waals surface area contributed by atoms with Crippen molar-refractivity contribution in [2.24, 2.45) is 0 Å². The molecule has 2 nitrogen and oxygen atoms in total. The van der Waals surface area contributed by atoms with Gasteiger partial charge in [-0.15, -0.1) is 11.3 Å². The molecule has 0 aliphatic rings. The molecule has 0 aromatic carbocycles. The average Bonchev–Trinajstić information content (AvgIpc) is 2.87. The van der Waals surface area contributed by atoms with Crippen LogP contribution in [0.2, 0.25) is 0 Å². The van der Waals surface area contributed by atoms with Gasteiger partial charge >= 0.3 is 0 Å². The molecule has 0 saturated carbocycles. The molecule has 0 spiro atoms. The third-order valence-electron chi connectivity index (χ3n) is 2.78. The molecule has 0 amide bonds. The Morgan fingerprint density at radius 2 is 2.18 bits per heavy atom. The highest BCUT2D eigenvalue weighted by atomic mass is 32.1. The van der Waals surface area contributed by atoms with Crippen LogP contribution in [0.15, 0.2) is 36.5 Å². The van der Waals surface area contributed by atoms with Crippen LogP contribution in [0.3, 0.4) is 0 Å². The van der Waals surface area contributed by atoms with E-state index < -0.39 is 0 Å². The molecule has 0 fully saturated rings. The van der Waals surface area contributed by atoms with Crippen molar-refractivity contribution in [3.8, 4) is 0 Å². The molecule has 3 heteroatoms. The van der Waals surface area contributed by atoms with Crippen molar-refractivity contribution in [2.75, 3.05) is 0 Å². The molecular weight excluding hydrogens is 230 g/mol. The van der Waals surface area contributed by atoms with Gasteiger partial charge in [-0.2, -0.15) is 0 Å². The largest absolute Gasteiger partial charge is 0.293 e. The number of hydrogen-bond donors (Lipinski definition) is 0. The summed E-state index contributed by atoms with van der Waals surface area (Å²) in [4.78, 5) is 18.6. The normalized spacial score (nSPS) is 12.4. The SMILES string of the molecule is CCc1ccc(C(=O)C(C)c2ccccn2)s1. The van der Waals surface area contributed by atoms with Crippen LogP contribution in [0.25, 0.3) is 0 Å². The van der Waals surface area contributed by atoms with Gasteiger partial charge in [0.1, 0.15) is 0 Å². The number of carbonyl (C=O) groups is 1. The number of hydrogen-bond acceptors (Lipinski definition) is 3. The number of thiophene rings is 1. The smallest absolute Gasteiger partial charge is 0.181 e. The number of Topliss-reactive ketones (excluding diaryl/α,β-unsaturated/α-hetero) is 1. The van der Waals surface area contributed by atoms with E-state index in [2.05, 4.69) is 11.9 Å². The summed E-state index contributed by atoms with van der Waals surface area (Å²) in [6, 6.07) is 9.63. The summed E-state index contributed by atoms with van der Waals surface area (Å²) < 4.78 is 0. The maximum atomic E-state index is 12.2. The van der Waals surface area contributed by atoms with E-state index in [1.807, 2.05) is 37.3 Å². The van der Waals surface area contributed by atoms with Crippen LogP contribution in [0.4, 0.5) is 0 Å². The minimum atomic E-state index is -0.167. The van der Waals surface area contributed by atoms with Crippen LogP contribution in [0, 0.1) is 0 Å². The Balaban J connectivity index is 2.20. The van der Waals surface area contributed by atoms with E-state index in [1.54, 1.807) is 17.5 Å². The van der Waals surface area contributed by atoms with Crippen molar-refractivity contribution >= 4 is 17.1 Å². The van der Waals surface area contributed by atoms with Crippen molar-refractivity contribution in [2.45, 2.75) is 26.2 Å². The first-order chi connectivity index (χ1) is 8.22. The van der Waals surface area contributed by atoms with Crippen molar-refractivity contribution in [1.29, 1.82) is 0 Å². The standard InChI is InChI=1S/C14H15NOS/c1-3-11-7-8-13(17-11)14(16)10(2)12-6-4-5-9-15-12/h4-10H,3H2,1-2H3. The van der Waals surface area contributed by atoms with Gasteiger partial charge in [0, 0.05) is 11.1 Å². The first-order valence-electron chi connectivity index (χ1n) is 5.76. The third-order valence-corrected chi connectivity index (χ3v) is 4.02. The highest BCUT2D eigenvalue weighted by molar-refractivity contribution is 7.14. The first kappa shape index (κ1) is 12.0. The number of ketones is 1. The fourth-order valence-electron chi connectivity index (χ4n) is 1.68. The minimum absolute atomic E-state index is 0.161. The highest BCUT2D eigenvalue weighted by Crippen LogP contribution is 2.24. The Labute approximate surface area is 105 Å². The Morgan fingerprint density at radius 3 is 2.76 bits per heavy atom. The number of aromatic nitrogens is 1. The van der Waals surface area contributed by atoms with Gasteiger partial charge in [-0.3, -0.25) is 9.78 Å². The fraction of sp³-hybridized carbons (Fsp3) is 0.286. The van der Waals surface area contributed by atoms with E-state index in [-0.39, 0.29) is 11.7 Å². The molecule has 2 aromatic heterocycles. The first-order valence-corrected chi connectivity index (χ1v) is 6.58. The zero-order chi connectivity index (χ0) is 12.3. The number of aryl methyl sites for hydroxylation is 1. The maximum absolute atomic E-state index is 12.2. The summed E-state index contributed by atoms with van der Waals surface area (Å²) in [6.07, 6.45) is 2.71. The summed E-state index contributed by atoms with van der Waals surface area (Å²) in [6.45, 7) is 4.01. The maximum Gasteiger partial charge on any atom is 0.181 e. The summed E-state index contributed by atoms with van der Waals surface area (Å²) in [5, 5.41) is 0. The third kappa shape index (κ3) is 2.61. The Hall–Kier alpha value is -1.48. The van der Waals surface area contributed by atoms with Crippen LogP contribution in [-0.2, 0) is 6.42 Å². The van der Waals surface area contributed by atoms with Gasteiger partial charge in [0.2, 0.25) is 0 Å². The molecule has 0 bridgehead atoms. The zero-order valence-electron chi connectivity index (χ0n) is 10.0. The summed E-state index contributed by atoms with van der Waals surface area (Å²) in [5.41, 5.74) is 0.837. The molecule has 2 heterocycles. The van der Waals surface area contributed by atoms with E-state index in [9.17, 15) is 4.79 Å². The second-order valence-electron chi connectivity index (χ2n) is 3.96. The zero-order valence-corrected chi connectivity index (χ0v) is 10.8. The number of pyridine rings is 1. The van der Waals surface area contributed by atoms with Crippen LogP contribution in [0.5, 0.6) is 0 Å². The van der Waals surface area contributed by atoms with E-state index in [1.165, 1.54) is 4.88 Å². The van der Waals surface area contributed by atoms with Crippen molar-refractivity contribution in [3.63, 3.8) is 0 Å². The van der Waals surface area contributed by atoms with Crippen LogP contribution in [-0.4, -0.2) is 10.8 Å². The van der Waals surface area contributed by atoms with E-state index >= 15 is 0 Å². The monoisotopic (exact) mass is 245 g/mol. The summed E-state index contributed by atoms with van der Waals surface area (Å²) in [7, 11) is 0. The van der Waals surface area contributed by atoms with E-state index in [0.717, 1.165) is 17.0 Å². The molecule has 0 radical (unpaired) electrons. The van der Waals surface area contributed by atoms with Gasteiger partial charge in [-0.05, 0) is 37.6 Å². The fourth-order valence-corrected chi connectivity index (χ4v) is 2.66. The quantitative estimate of drug-likeness (QED) is 0.769. The number of carbonyl (C=O) groups excluding carboxylic acids is 1. The molecule has 88 valence electrons. The van der Waals surface area contributed by atoms with E-state index in [4.69, 9.17) is 0 Å². The Bertz CT molecular complexity index is 504. The van der Waals surface area contributed by atoms with Crippen molar-refractivity contribution in [1.82, 2.24) is 4.98 Å². The number of nitrogens with zero attached hydrogens (tertiary/aromatic N) is 1. The summed E-state index contributed by atoms with van der Waals surface area (Å²) in [5.74, 6) is -0.00652. The summed E-state index contributed by atoms with van der Waals surface area (Å²) >= 11 is 1.59. The molecule has 1 unspecified atom stereocenters. The predicted octanol–water partition coefficient (Wildman–Crippen LogP) is 3.69. The molecule has 0 N–H and O–H groups in total. The Kier molecular flexibility index (Phi) is 3.69. The lowest BCUT2D eigenvalue weighted by atomic mass is 10.0. The highest BCUT2D eigenvalue weighted by Gasteiger charge is 2.19. The lowest BCUT2D eigenvalue weighted by molar-refractivity contribution is 0.0968. The minimum Gasteiger partial charge on any atom is -0.293 e. The van der Waals surface area contributed by atoms with E-state index in [0.29, 0.717) is 0 Å². The van der Waals surface area contributed by atoms with Gasteiger partial charge in [0.25, 0.3) is 0 Å². The van der Waals surface area contributed by atoms with Crippen molar-refractivity contribution in [3.05, 3.63) is 52.0 Å². The van der Waals surface area contributed by atoms with Crippen molar-refractivity contribution < 1.29 is 4.79 Å². The van der Waals surface area contributed by atoms with Crippen LogP contribution in [0.1, 0.15) is 40.0 Å². The second-order valence-corrected chi connectivity index (χ2v) is 5.13. The molecule has 0 saturated heterocycles. The average molecular weight is 245 g/mol. The molecule has 2 aromatic rings. The predicted molar refractivity (Wildman–Crippen MR) is 70.7 cm³/mol. The molecule has 17 heavy (non-hydrogen) atoms. The lowest BCUT2D eigenvalue weighted by Crippen LogP contribution is -2.09. The lowest BCUT2D eigenvalue weighted by Gasteiger charge is -2.07. The number of rotatable bonds is 4. The molecule has 0 aliphatic heterocycles. The second kappa shape index (κ2) is 5.23. The topological polar surface area (TPSA) is 30.0 Å². The van der Waals surface area contributed by atoms with Gasteiger partial charge in [-0.1, -0.05) is 13.0 Å². The van der Waals surface area contributed by atoms with Crippen LogP contribution >= 0.6 is 11.3 Å². The molecular formula is C14H15NOS. The molecule has 0 aliphatic carbocycles. The molecule has 2 rings (SSSR count). The Morgan fingerprint density at radius 1 is 1.35 bits per heavy atom. The van der Waals surface area contributed by atoms with Crippen LogP contribution < -0.4 is 0 Å².